The van der Waals surface area contributed by atoms with Crippen LogP contribution in [0.5, 0.6) is 0 Å². The molecule has 22 heavy (non-hydrogen) atoms. The Kier molecular flexibility index (Phi) is 3.51. The third-order valence-electron chi connectivity index (χ3n) is 3.76. The number of anilines is 1. The maximum absolute atomic E-state index is 9.31. The molecule has 0 radical (unpaired) electrons. The molecular weight excluding hydrogens is 274 g/mol. The molecule has 2 heterocycles. The van der Waals surface area contributed by atoms with Gasteiger partial charge in [0.1, 0.15) is 11.9 Å². The minimum absolute atomic E-state index is 0.558. The predicted molar refractivity (Wildman–Crippen MR) is 86.5 cm³/mol. The number of nitriles is 1. The van der Waals surface area contributed by atoms with E-state index in [0.29, 0.717) is 12.1 Å². The summed E-state index contributed by atoms with van der Waals surface area (Å²) in [5.74, 6) is 0.928. The summed E-state index contributed by atoms with van der Waals surface area (Å²) in [5, 5.41) is 12.6. The minimum Gasteiger partial charge on any atom is -0.377 e. The van der Waals surface area contributed by atoms with E-state index in [4.69, 9.17) is 0 Å². The molecule has 0 amide bonds. The molecule has 2 aromatic heterocycles. The highest BCUT2D eigenvalue weighted by Crippen LogP contribution is 2.20. The van der Waals surface area contributed by atoms with Crippen molar-refractivity contribution < 1.29 is 0 Å². The maximum atomic E-state index is 9.31. The molecule has 5 nitrogen and oxygen atoms in total. The fourth-order valence-electron chi connectivity index (χ4n) is 2.64. The zero-order valence-corrected chi connectivity index (χ0v) is 12.9. The summed E-state index contributed by atoms with van der Waals surface area (Å²) in [7, 11) is 2.00. The Morgan fingerprint density at radius 2 is 2.00 bits per heavy atom. The first-order valence-corrected chi connectivity index (χ1v) is 7.12. The lowest BCUT2D eigenvalue weighted by Crippen LogP contribution is -2.08. The van der Waals surface area contributed by atoms with Crippen LogP contribution in [0.2, 0.25) is 0 Å². The molecule has 0 fully saturated rings. The van der Waals surface area contributed by atoms with E-state index in [1.54, 1.807) is 0 Å². The minimum atomic E-state index is 0.558. The summed E-state index contributed by atoms with van der Waals surface area (Å²) >= 11 is 0. The summed E-state index contributed by atoms with van der Waals surface area (Å²) in [5.41, 5.74) is 5.11. The molecule has 0 spiro atoms. The van der Waals surface area contributed by atoms with Crippen LogP contribution in [0.1, 0.15) is 22.8 Å². The number of benzene rings is 1. The van der Waals surface area contributed by atoms with Crippen molar-refractivity contribution >= 4 is 16.7 Å². The Labute approximate surface area is 129 Å². The Balaban J connectivity index is 1.92. The van der Waals surface area contributed by atoms with Gasteiger partial charge in [-0.2, -0.15) is 5.26 Å². The zero-order chi connectivity index (χ0) is 15.7. The molecule has 1 N–H and O–H groups in total. The van der Waals surface area contributed by atoms with E-state index in [0.717, 1.165) is 33.9 Å². The maximum Gasteiger partial charge on any atom is 0.128 e. The zero-order valence-electron chi connectivity index (χ0n) is 12.9. The van der Waals surface area contributed by atoms with Crippen LogP contribution >= 0.6 is 0 Å². The number of rotatable bonds is 3. The van der Waals surface area contributed by atoms with Gasteiger partial charge >= 0.3 is 0 Å². The average Bonchev–Trinajstić information content (AvgIpc) is 2.81. The Bertz CT molecular complexity index is 886. The number of aromatic nitrogens is 3. The van der Waals surface area contributed by atoms with Crippen LogP contribution in [-0.2, 0) is 13.6 Å². The van der Waals surface area contributed by atoms with Gasteiger partial charge in [-0.25, -0.2) is 4.98 Å². The highest BCUT2D eigenvalue weighted by molar-refractivity contribution is 5.75. The van der Waals surface area contributed by atoms with Gasteiger partial charge in [-0.1, -0.05) is 12.1 Å². The molecule has 0 atom stereocenters. The van der Waals surface area contributed by atoms with E-state index in [1.165, 1.54) is 0 Å². The van der Waals surface area contributed by atoms with Gasteiger partial charge in [0.25, 0.3) is 0 Å². The number of fused-ring (bicyclic) bond motifs is 1. The van der Waals surface area contributed by atoms with Gasteiger partial charge in [0, 0.05) is 12.7 Å². The number of nitrogens with one attached hydrogen (secondary N) is 1. The number of aryl methyl sites for hydroxylation is 3. The number of imidazole rings is 1. The molecule has 0 aliphatic heterocycles. The molecule has 1 aromatic carbocycles. The highest BCUT2D eigenvalue weighted by atomic mass is 15.1. The van der Waals surface area contributed by atoms with Gasteiger partial charge in [0.15, 0.2) is 0 Å². The van der Waals surface area contributed by atoms with E-state index >= 15 is 0 Å². The van der Waals surface area contributed by atoms with Gasteiger partial charge in [0.2, 0.25) is 0 Å². The summed E-state index contributed by atoms with van der Waals surface area (Å²) in [6.45, 7) is 4.34. The summed E-state index contributed by atoms with van der Waals surface area (Å²) in [6, 6.07) is 12.1. The predicted octanol–water partition coefficient (Wildman–Crippen LogP) is 3.07. The van der Waals surface area contributed by atoms with Crippen LogP contribution in [0.3, 0.4) is 0 Å². The largest absolute Gasteiger partial charge is 0.377 e. The standard InChI is InChI=1S/C17H17N5/c1-11-8-15(13(9-18)12(2)20-11)19-10-17-21-14-6-4-5-7-16(14)22(17)3/h4-8H,10H2,1-3H3,(H,19,20). The van der Waals surface area contributed by atoms with Crippen LogP contribution in [0, 0.1) is 25.2 Å². The van der Waals surface area contributed by atoms with Crippen molar-refractivity contribution in [2.45, 2.75) is 20.4 Å². The smallest absolute Gasteiger partial charge is 0.128 e. The lowest BCUT2D eigenvalue weighted by molar-refractivity contribution is 0.834. The Morgan fingerprint density at radius 3 is 2.73 bits per heavy atom. The SMILES string of the molecule is Cc1cc(NCc2nc3ccccc3n2C)c(C#N)c(C)n1. The molecule has 0 aliphatic rings. The van der Waals surface area contributed by atoms with E-state index in [1.807, 2.05) is 51.2 Å². The highest BCUT2D eigenvalue weighted by Gasteiger charge is 2.10. The summed E-state index contributed by atoms with van der Waals surface area (Å²) < 4.78 is 2.06. The van der Waals surface area contributed by atoms with Crippen LogP contribution in [0.4, 0.5) is 5.69 Å². The van der Waals surface area contributed by atoms with Crippen molar-refractivity contribution in [2.24, 2.45) is 7.05 Å². The molecule has 5 heteroatoms. The number of pyridine rings is 1. The second-order valence-corrected chi connectivity index (χ2v) is 5.31. The first-order valence-electron chi connectivity index (χ1n) is 7.12. The number of para-hydroxylation sites is 2. The van der Waals surface area contributed by atoms with Crippen molar-refractivity contribution in [3.63, 3.8) is 0 Å². The fraction of sp³-hybridized carbons (Fsp3) is 0.235. The monoisotopic (exact) mass is 291 g/mol. The molecule has 3 rings (SSSR count). The molecule has 110 valence electrons. The van der Waals surface area contributed by atoms with Crippen LogP contribution in [0.25, 0.3) is 11.0 Å². The number of hydrogen-bond donors (Lipinski definition) is 1. The molecule has 3 aromatic rings. The number of nitrogens with zero attached hydrogens (tertiary/aromatic N) is 4. The Morgan fingerprint density at radius 1 is 1.23 bits per heavy atom. The van der Waals surface area contributed by atoms with Gasteiger partial charge in [-0.15, -0.1) is 0 Å². The van der Waals surface area contributed by atoms with Gasteiger partial charge < -0.3 is 9.88 Å². The molecule has 0 bridgehead atoms. The van der Waals surface area contributed by atoms with E-state index in [2.05, 4.69) is 25.9 Å². The second kappa shape index (κ2) is 5.49. The lowest BCUT2D eigenvalue weighted by Gasteiger charge is -2.10. The molecule has 0 saturated carbocycles. The summed E-state index contributed by atoms with van der Waals surface area (Å²) in [6.07, 6.45) is 0. The van der Waals surface area contributed by atoms with Crippen molar-refractivity contribution in [2.75, 3.05) is 5.32 Å². The van der Waals surface area contributed by atoms with Gasteiger partial charge in [-0.05, 0) is 32.0 Å². The third kappa shape index (κ3) is 2.40. The topological polar surface area (TPSA) is 66.5 Å². The second-order valence-electron chi connectivity index (χ2n) is 5.31. The normalized spacial score (nSPS) is 10.6. The molecular formula is C17H17N5. The number of hydrogen-bond acceptors (Lipinski definition) is 4. The van der Waals surface area contributed by atoms with E-state index in [-0.39, 0.29) is 0 Å². The lowest BCUT2D eigenvalue weighted by atomic mass is 10.1. The van der Waals surface area contributed by atoms with Crippen LogP contribution < -0.4 is 5.32 Å². The Hall–Kier alpha value is -2.87. The third-order valence-corrected chi connectivity index (χ3v) is 3.76. The van der Waals surface area contributed by atoms with E-state index in [9.17, 15) is 5.26 Å². The van der Waals surface area contributed by atoms with Crippen LogP contribution in [-0.4, -0.2) is 14.5 Å². The average molecular weight is 291 g/mol. The van der Waals surface area contributed by atoms with Gasteiger partial charge in [-0.3, -0.25) is 4.98 Å². The molecule has 0 unspecified atom stereocenters. The summed E-state index contributed by atoms with van der Waals surface area (Å²) in [4.78, 5) is 8.96. The molecule has 0 aliphatic carbocycles. The van der Waals surface area contributed by atoms with Crippen molar-refractivity contribution in [1.29, 1.82) is 5.26 Å². The van der Waals surface area contributed by atoms with E-state index < -0.39 is 0 Å². The van der Waals surface area contributed by atoms with Crippen molar-refractivity contribution in [1.82, 2.24) is 14.5 Å². The first kappa shape index (κ1) is 14.1. The van der Waals surface area contributed by atoms with Crippen LogP contribution in [0.15, 0.2) is 30.3 Å². The quantitative estimate of drug-likeness (QED) is 0.805. The van der Waals surface area contributed by atoms with Crippen molar-refractivity contribution in [3.8, 4) is 6.07 Å². The van der Waals surface area contributed by atoms with Gasteiger partial charge in [0.05, 0.1) is 34.5 Å². The fourth-order valence-corrected chi connectivity index (χ4v) is 2.64. The van der Waals surface area contributed by atoms with Crippen molar-refractivity contribution in [3.05, 3.63) is 53.1 Å². The first-order chi connectivity index (χ1) is 10.6. The molecule has 0 saturated heterocycles.